The lowest BCUT2D eigenvalue weighted by atomic mass is 10.1. The molecular weight excluding hydrogens is 360 g/mol. The second kappa shape index (κ2) is 7.99. The quantitative estimate of drug-likeness (QED) is 0.794. The number of amides is 1. The minimum Gasteiger partial charge on any atom is -0.326 e. The Morgan fingerprint density at radius 3 is 2.36 bits per heavy atom. The lowest BCUT2D eigenvalue weighted by Crippen LogP contribution is -2.27. The highest BCUT2D eigenvalue weighted by Crippen LogP contribution is 2.25. The first-order valence-electron chi connectivity index (χ1n) is 7.91. The van der Waals surface area contributed by atoms with Crippen LogP contribution in [0.1, 0.15) is 37.4 Å². The molecule has 0 aliphatic heterocycles. The van der Waals surface area contributed by atoms with E-state index in [1.54, 1.807) is 50.2 Å². The minimum absolute atomic E-state index is 0.0541. The SMILES string of the molecule is CCC(=O)Nc1ccc(C(C)NS(=O)(=O)c2ccc(C)cc2Cl)cc1. The average molecular weight is 381 g/mol. The molecule has 2 aromatic rings. The maximum absolute atomic E-state index is 12.5. The number of hydrogen-bond acceptors (Lipinski definition) is 3. The van der Waals surface area contributed by atoms with Crippen LogP contribution in [0.4, 0.5) is 5.69 Å². The zero-order valence-corrected chi connectivity index (χ0v) is 15.9. The number of aryl methyl sites for hydroxylation is 1. The highest BCUT2D eigenvalue weighted by Gasteiger charge is 2.21. The zero-order valence-electron chi connectivity index (χ0n) is 14.3. The molecule has 25 heavy (non-hydrogen) atoms. The number of benzene rings is 2. The van der Waals surface area contributed by atoms with Crippen molar-refractivity contribution in [1.82, 2.24) is 4.72 Å². The molecule has 1 amide bonds. The normalized spacial score (nSPS) is 12.6. The van der Waals surface area contributed by atoms with Gasteiger partial charge in [-0.05, 0) is 49.2 Å². The molecule has 0 radical (unpaired) electrons. The third-order valence-corrected chi connectivity index (χ3v) is 5.75. The summed E-state index contributed by atoms with van der Waals surface area (Å²) in [5.41, 5.74) is 2.34. The number of carbonyl (C=O) groups is 1. The number of hydrogen-bond donors (Lipinski definition) is 2. The molecule has 0 bridgehead atoms. The second-order valence-electron chi connectivity index (χ2n) is 5.80. The van der Waals surface area contributed by atoms with Gasteiger partial charge in [-0.3, -0.25) is 4.79 Å². The van der Waals surface area contributed by atoms with Crippen LogP contribution >= 0.6 is 11.6 Å². The summed E-state index contributed by atoms with van der Waals surface area (Å²) in [7, 11) is -3.74. The smallest absolute Gasteiger partial charge is 0.242 e. The van der Waals surface area contributed by atoms with Crippen LogP contribution in [-0.2, 0) is 14.8 Å². The van der Waals surface area contributed by atoms with Crippen molar-refractivity contribution in [3.63, 3.8) is 0 Å². The summed E-state index contributed by atoms with van der Waals surface area (Å²) in [5.74, 6) is -0.0736. The number of rotatable bonds is 6. The summed E-state index contributed by atoms with van der Waals surface area (Å²) in [5, 5.41) is 2.94. The number of carbonyl (C=O) groups excluding carboxylic acids is 1. The first-order valence-corrected chi connectivity index (χ1v) is 9.77. The highest BCUT2D eigenvalue weighted by atomic mass is 35.5. The van der Waals surface area contributed by atoms with Crippen molar-refractivity contribution >= 4 is 33.2 Å². The van der Waals surface area contributed by atoms with E-state index < -0.39 is 16.1 Å². The molecule has 2 N–H and O–H groups in total. The molecule has 0 aromatic heterocycles. The van der Waals surface area contributed by atoms with Gasteiger partial charge in [0.1, 0.15) is 4.90 Å². The zero-order chi connectivity index (χ0) is 18.6. The number of sulfonamides is 1. The van der Waals surface area contributed by atoms with Gasteiger partial charge < -0.3 is 5.32 Å². The molecule has 0 fully saturated rings. The Balaban J connectivity index is 2.15. The fraction of sp³-hybridized carbons (Fsp3) is 0.278. The van der Waals surface area contributed by atoms with Crippen molar-refractivity contribution in [3.05, 3.63) is 58.6 Å². The first-order chi connectivity index (χ1) is 11.7. The van der Waals surface area contributed by atoms with Crippen molar-refractivity contribution in [2.24, 2.45) is 0 Å². The first kappa shape index (κ1) is 19.4. The van der Waals surface area contributed by atoms with Crippen molar-refractivity contribution in [3.8, 4) is 0 Å². The van der Waals surface area contributed by atoms with Crippen LogP contribution in [0.15, 0.2) is 47.4 Å². The predicted molar refractivity (Wildman–Crippen MR) is 100 cm³/mol. The number of halogens is 1. The molecule has 0 aliphatic carbocycles. The van der Waals surface area contributed by atoms with E-state index in [9.17, 15) is 13.2 Å². The van der Waals surface area contributed by atoms with Gasteiger partial charge in [0.25, 0.3) is 0 Å². The maximum Gasteiger partial charge on any atom is 0.242 e. The van der Waals surface area contributed by atoms with Crippen LogP contribution in [-0.4, -0.2) is 14.3 Å². The molecule has 2 aromatic carbocycles. The third-order valence-electron chi connectivity index (χ3n) is 3.72. The largest absolute Gasteiger partial charge is 0.326 e. The van der Waals surface area contributed by atoms with Crippen LogP contribution in [0.3, 0.4) is 0 Å². The second-order valence-corrected chi connectivity index (χ2v) is 7.89. The van der Waals surface area contributed by atoms with E-state index in [2.05, 4.69) is 10.0 Å². The number of nitrogens with one attached hydrogen (secondary N) is 2. The van der Waals surface area contributed by atoms with Crippen molar-refractivity contribution < 1.29 is 13.2 Å². The van der Waals surface area contributed by atoms with Crippen molar-refractivity contribution in [1.29, 1.82) is 0 Å². The monoisotopic (exact) mass is 380 g/mol. The van der Waals surface area contributed by atoms with Crippen LogP contribution in [0, 0.1) is 6.92 Å². The van der Waals surface area contributed by atoms with Gasteiger partial charge in [-0.1, -0.05) is 36.7 Å². The van der Waals surface area contributed by atoms with Gasteiger partial charge in [-0.15, -0.1) is 0 Å². The molecule has 0 heterocycles. The molecule has 5 nitrogen and oxygen atoms in total. The van der Waals surface area contributed by atoms with E-state index >= 15 is 0 Å². The van der Waals surface area contributed by atoms with Crippen LogP contribution in [0.5, 0.6) is 0 Å². The van der Waals surface area contributed by atoms with E-state index in [-0.39, 0.29) is 15.8 Å². The Morgan fingerprint density at radius 1 is 1.16 bits per heavy atom. The molecule has 134 valence electrons. The topological polar surface area (TPSA) is 75.3 Å². The van der Waals surface area contributed by atoms with E-state index in [0.29, 0.717) is 12.1 Å². The van der Waals surface area contributed by atoms with Crippen LogP contribution in [0.25, 0.3) is 0 Å². The minimum atomic E-state index is -3.74. The van der Waals surface area contributed by atoms with E-state index in [1.807, 2.05) is 6.92 Å². The van der Waals surface area contributed by atoms with Gasteiger partial charge in [-0.25, -0.2) is 13.1 Å². The number of anilines is 1. The standard InChI is InChI=1S/C18H21ClN2O3S/c1-4-18(22)20-15-8-6-14(7-9-15)13(3)21-25(23,24)17-10-5-12(2)11-16(17)19/h5-11,13,21H,4H2,1-3H3,(H,20,22). The third kappa shape index (κ3) is 5.04. The summed E-state index contributed by atoms with van der Waals surface area (Å²) in [6.45, 7) is 5.37. The average Bonchev–Trinajstić information content (AvgIpc) is 2.54. The Bertz CT molecular complexity index is 864. The maximum atomic E-state index is 12.5. The van der Waals surface area contributed by atoms with Crippen molar-refractivity contribution in [2.45, 2.75) is 38.1 Å². The summed E-state index contributed by atoms with van der Waals surface area (Å²) in [6.07, 6.45) is 0.398. The molecule has 1 atom stereocenters. The van der Waals surface area contributed by atoms with Gasteiger partial charge in [-0.2, -0.15) is 0 Å². The summed E-state index contributed by atoms with van der Waals surface area (Å²) < 4.78 is 27.7. The summed E-state index contributed by atoms with van der Waals surface area (Å²) in [6, 6.07) is 11.4. The summed E-state index contributed by atoms with van der Waals surface area (Å²) in [4.78, 5) is 11.4. The Hall–Kier alpha value is -1.89. The van der Waals surface area contributed by atoms with Crippen molar-refractivity contribution in [2.75, 3.05) is 5.32 Å². The molecule has 0 aliphatic rings. The lowest BCUT2D eigenvalue weighted by Gasteiger charge is -2.16. The Labute approximate surface area is 153 Å². The van der Waals surface area contributed by atoms with E-state index in [4.69, 9.17) is 11.6 Å². The molecule has 1 unspecified atom stereocenters. The highest BCUT2D eigenvalue weighted by molar-refractivity contribution is 7.89. The summed E-state index contributed by atoms with van der Waals surface area (Å²) >= 11 is 6.07. The molecule has 0 saturated carbocycles. The molecular formula is C18H21ClN2O3S. The van der Waals surface area contributed by atoms with Gasteiger partial charge >= 0.3 is 0 Å². The fourth-order valence-corrected chi connectivity index (χ4v) is 4.12. The van der Waals surface area contributed by atoms with Gasteiger partial charge in [0.2, 0.25) is 15.9 Å². The molecule has 0 saturated heterocycles. The lowest BCUT2D eigenvalue weighted by molar-refractivity contribution is -0.115. The van der Waals surface area contributed by atoms with E-state index in [1.165, 1.54) is 6.07 Å². The fourth-order valence-electron chi connectivity index (χ4n) is 2.29. The predicted octanol–water partition coefficient (Wildman–Crippen LogP) is 4.04. The Morgan fingerprint density at radius 2 is 1.80 bits per heavy atom. The Kier molecular flexibility index (Phi) is 6.21. The van der Waals surface area contributed by atoms with Gasteiger partial charge in [0.15, 0.2) is 0 Å². The van der Waals surface area contributed by atoms with Crippen LogP contribution in [0.2, 0.25) is 5.02 Å². The molecule has 7 heteroatoms. The molecule has 0 spiro atoms. The molecule has 2 rings (SSSR count). The van der Waals surface area contributed by atoms with Gasteiger partial charge in [0.05, 0.1) is 5.02 Å². The van der Waals surface area contributed by atoms with Gasteiger partial charge in [0, 0.05) is 18.2 Å². The van der Waals surface area contributed by atoms with Crippen LogP contribution < -0.4 is 10.0 Å². The van der Waals surface area contributed by atoms with E-state index in [0.717, 1.165) is 11.1 Å².